The summed E-state index contributed by atoms with van der Waals surface area (Å²) in [5, 5.41) is 3.59. The van der Waals surface area contributed by atoms with Gasteiger partial charge in [0.2, 0.25) is 0 Å². The first-order chi connectivity index (χ1) is 9.99. The van der Waals surface area contributed by atoms with Crippen LogP contribution >= 0.6 is 0 Å². The van der Waals surface area contributed by atoms with Crippen molar-refractivity contribution < 1.29 is 23.9 Å². The lowest BCUT2D eigenvalue weighted by molar-refractivity contribution is -0.140. The lowest BCUT2D eigenvalue weighted by Crippen LogP contribution is -2.26. The quantitative estimate of drug-likeness (QED) is 0.343. The zero-order valence-corrected chi connectivity index (χ0v) is 11.6. The summed E-state index contributed by atoms with van der Waals surface area (Å²) < 4.78 is 8.89. The summed E-state index contributed by atoms with van der Waals surface area (Å²) >= 11 is 0. The van der Waals surface area contributed by atoms with Gasteiger partial charge in [-0.25, -0.2) is 10.2 Å². The summed E-state index contributed by atoms with van der Waals surface area (Å²) in [5.41, 5.74) is 7.96. The largest absolute Gasteiger partial charge is 0.469 e. The van der Waals surface area contributed by atoms with E-state index in [1.807, 2.05) is 0 Å². The predicted octanol–water partition coefficient (Wildman–Crippen LogP) is 0.0907. The van der Waals surface area contributed by atoms with Crippen LogP contribution in [0.2, 0.25) is 0 Å². The third-order valence-electron chi connectivity index (χ3n) is 2.46. The van der Waals surface area contributed by atoms with Crippen LogP contribution in [0.4, 0.5) is 5.69 Å². The maximum atomic E-state index is 11.9. The number of anilines is 1. The van der Waals surface area contributed by atoms with E-state index in [9.17, 15) is 14.4 Å². The summed E-state index contributed by atoms with van der Waals surface area (Å²) in [7, 11) is 2.30. The number of rotatable bonds is 5. The molecule has 0 aliphatic rings. The van der Waals surface area contributed by atoms with Gasteiger partial charge in [0.15, 0.2) is 5.71 Å². The lowest BCUT2D eigenvalue weighted by atomic mass is 10.2. The summed E-state index contributed by atoms with van der Waals surface area (Å²) in [6.07, 6.45) is -0.423. The van der Waals surface area contributed by atoms with E-state index in [1.165, 1.54) is 13.2 Å². The van der Waals surface area contributed by atoms with Crippen molar-refractivity contribution in [2.24, 2.45) is 5.10 Å². The molecular weight excluding hydrogens is 278 g/mol. The maximum Gasteiger partial charge on any atom is 0.354 e. The highest BCUT2D eigenvalue weighted by Gasteiger charge is 2.18. The maximum absolute atomic E-state index is 11.9. The lowest BCUT2D eigenvalue weighted by Gasteiger charge is -2.06. The number of methoxy groups -OCH3 is 2. The van der Waals surface area contributed by atoms with E-state index in [1.54, 1.807) is 18.2 Å². The Kier molecular flexibility index (Phi) is 5.87. The van der Waals surface area contributed by atoms with Crippen LogP contribution in [-0.2, 0) is 19.1 Å². The molecule has 0 bridgehead atoms. The molecule has 0 spiro atoms. The zero-order valence-electron chi connectivity index (χ0n) is 11.6. The first kappa shape index (κ1) is 16.2. The minimum Gasteiger partial charge on any atom is -0.469 e. The van der Waals surface area contributed by atoms with Crippen molar-refractivity contribution in [3.05, 3.63) is 29.8 Å². The Bertz CT molecular complexity index is 583. The summed E-state index contributed by atoms with van der Waals surface area (Å²) in [6.45, 7) is 0. The van der Waals surface area contributed by atoms with Crippen molar-refractivity contribution in [1.29, 1.82) is 0 Å². The van der Waals surface area contributed by atoms with Crippen molar-refractivity contribution in [3.8, 4) is 0 Å². The number of nitrogens with zero attached hydrogens (tertiary/aromatic N) is 1. The van der Waals surface area contributed by atoms with Gasteiger partial charge in [-0.1, -0.05) is 12.1 Å². The van der Waals surface area contributed by atoms with Crippen LogP contribution in [0, 0.1) is 0 Å². The minimum atomic E-state index is -0.846. The van der Waals surface area contributed by atoms with Crippen LogP contribution in [-0.4, -0.2) is 37.8 Å². The van der Waals surface area contributed by atoms with Gasteiger partial charge >= 0.3 is 11.9 Å². The van der Waals surface area contributed by atoms with E-state index in [4.69, 9.17) is 5.73 Å². The Morgan fingerprint density at radius 3 is 2.43 bits per heavy atom. The molecule has 112 valence electrons. The Labute approximate surface area is 120 Å². The molecule has 0 atom stereocenters. The Morgan fingerprint density at radius 1 is 1.19 bits per heavy atom. The summed E-state index contributed by atoms with van der Waals surface area (Å²) in [4.78, 5) is 34.5. The molecule has 0 saturated heterocycles. The van der Waals surface area contributed by atoms with Gasteiger partial charge in [-0.05, 0) is 12.1 Å². The Hall–Kier alpha value is -2.90. The Balaban J connectivity index is 2.87. The molecule has 1 aromatic carbocycles. The molecule has 3 N–H and O–H groups in total. The highest BCUT2D eigenvalue weighted by molar-refractivity contribution is 6.39. The van der Waals surface area contributed by atoms with Gasteiger partial charge < -0.3 is 15.2 Å². The molecule has 0 heterocycles. The highest BCUT2D eigenvalue weighted by atomic mass is 16.5. The van der Waals surface area contributed by atoms with E-state index in [0.717, 1.165) is 7.11 Å². The van der Waals surface area contributed by atoms with Crippen LogP contribution in [0.5, 0.6) is 0 Å². The van der Waals surface area contributed by atoms with E-state index < -0.39 is 24.3 Å². The van der Waals surface area contributed by atoms with Gasteiger partial charge in [0.1, 0.15) is 0 Å². The number of nitrogens with one attached hydrogen (secondary N) is 1. The van der Waals surface area contributed by atoms with Gasteiger partial charge in [-0.15, -0.1) is 0 Å². The normalized spacial score (nSPS) is 10.7. The number of hydrogen-bond acceptors (Lipinski definition) is 7. The SMILES string of the molecule is COC(=O)C/C(=N\NC(=O)c1ccccc1N)C(=O)OC. The molecule has 1 aromatic rings. The van der Waals surface area contributed by atoms with Crippen LogP contribution in [0.1, 0.15) is 16.8 Å². The molecule has 0 aliphatic carbocycles. The van der Waals surface area contributed by atoms with Gasteiger partial charge in [-0.3, -0.25) is 9.59 Å². The van der Waals surface area contributed by atoms with Crippen LogP contribution in [0.3, 0.4) is 0 Å². The van der Waals surface area contributed by atoms with Gasteiger partial charge in [-0.2, -0.15) is 5.10 Å². The number of hydrogen-bond donors (Lipinski definition) is 2. The van der Waals surface area contributed by atoms with E-state index in [-0.39, 0.29) is 17.0 Å². The fourth-order valence-corrected chi connectivity index (χ4v) is 1.37. The first-order valence-corrected chi connectivity index (χ1v) is 5.86. The molecule has 0 saturated carbocycles. The van der Waals surface area contributed by atoms with E-state index in [0.29, 0.717) is 0 Å². The Morgan fingerprint density at radius 2 is 1.86 bits per heavy atom. The molecule has 1 amide bonds. The fourth-order valence-electron chi connectivity index (χ4n) is 1.37. The molecule has 0 unspecified atom stereocenters. The molecule has 0 radical (unpaired) electrons. The molecule has 0 aliphatic heterocycles. The molecule has 0 fully saturated rings. The standard InChI is InChI=1S/C13H15N3O5/c1-20-11(17)7-10(13(19)21-2)15-16-12(18)8-5-3-4-6-9(8)14/h3-6H,7,14H2,1-2H3,(H,16,18)/b15-10+. The molecular formula is C13H15N3O5. The van der Waals surface area contributed by atoms with Crippen molar-refractivity contribution in [3.63, 3.8) is 0 Å². The number of nitrogen functional groups attached to an aromatic ring is 1. The fraction of sp³-hybridized carbons (Fsp3) is 0.231. The van der Waals surface area contributed by atoms with Crippen molar-refractivity contribution in [1.82, 2.24) is 5.43 Å². The number of ether oxygens (including phenoxy) is 2. The average Bonchev–Trinajstić information content (AvgIpc) is 2.50. The monoisotopic (exact) mass is 293 g/mol. The van der Waals surface area contributed by atoms with Crippen molar-refractivity contribution in [2.75, 3.05) is 20.0 Å². The average molecular weight is 293 g/mol. The highest BCUT2D eigenvalue weighted by Crippen LogP contribution is 2.09. The molecule has 21 heavy (non-hydrogen) atoms. The summed E-state index contributed by atoms with van der Waals surface area (Å²) in [5.74, 6) is -2.14. The number of benzene rings is 1. The third kappa shape index (κ3) is 4.60. The second-order valence-corrected chi connectivity index (χ2v) is 3.83. The van der Waals surface area contributed by atoms with Gasteiger partial charge in [0, 0.05) is 5.69 Å². The van der Waals surface area contributed by atoms with Crippen LogP contribution < -0.4 is 11.2 Å². The van der Waals surface area contributed by atoms with Crippen molar-refractivity contribution in [2.45, 2.75) is 6.42 Å². The number of esters is 2. The number of carbonyl (C=O) groups excluding carboxylic acids is 3. The van der Waals surface area contributed by atoms with E-state index >= 15 is 0 Å². The summed E-state index contributed by atoms with van der Waals surface area (Å²) in [6, 6.07) is 6.35. The van der Waals surface area contributed by atoms with Gasteiger partial charge in [0.25, 0.3) is 5.91 Å². The number of para-hydroxylation sites is 1. The first-order valence-electron chi connectivity index (χ1n) is 5.86. The van der Waals surface area contributed by atoms with Gasteiger partial charge in [0.05, 0.1) is 26.2 Å². The topological polar surface area (TPSA) is 120 Å². The third-order valence-corrected chi connectivity index (χ3v) is 2.46. The number of amides is 1. The zero-order chi connectivity index (χ0) is 15.8. The molecule has 8 heteroatoms. The number of hydrazone groups is 1. The molecule has 8 nitrogen and oxygen atoms in total. The van der Waals surface area contributed by atoms with Crippen LogP contribution in [0.25, 0.3) is 0 Å². The number of carbonyl (C=O) groups is 3. The molecule has 0 aromatic heterocycles. The second-order valence-electron chi connectivity index (χ2n) is 3.83. The predicted molar refractivity (Wildman–Crippen MR) is 74.4 cm³/mol. The minimum absolute atomic E-state index is 0.198. The van der Waals surface area contributed by atoms with E-state index in [2.05, 4.69) is 20.0 Å². The second kappa shape index (κ2) is 7.63. The van der Waals surface area contributed by atoms with Crippen molar-refractivity contribution >= 4 is 29.2 Å². The molecule has 1 rings (SSSR count). The smallest absolute Gasteiger partial charge is 0.354 e. The number of nitrogens with two attached hydrogens (primary N) is 1. The van der Waals surface area contributed by atoms with Crippen LogP contribution in [0.15, 0.2) is 29.4 Å².